The third-order valence-electron chi connectivity index (χ3n) is 3.46. The minimum Gasteiger partial charge on any atom is -0.481 e. The zero-order chi connectivity index (χ0) is 14.4. The van der Waals surface area contributed by atoms with E-state index < -0.39 is 5.97 Å². The number of aliphatic carboxylic acids is 1. The molecule has 0 aliphatic carbocycles. The van der Waals surface area contributed by atoms with Gasteiger partial charge in [0.15, 0.2) is 0 Å². The highest BCUT2D eigenvalue weighted by Crippen LogP contribution is 2.18. The van der Waals surface area contributed by atoms with E-state index in [9.17, 15) is 9.59 Å². The molecule has 0 spiro atoms. The maximum absolute atomic E-state index is 12.5. The van der Waals surface area contributed by atoms with Crippen LogP contribution in [0.25, 0.3) is 0 Å². The summed E-state index contributed by atoms with van der Waals surface area (Å²) in [6.07, 6.45) is 2.40. The van der Waals surface area contributed by atoms with Crippen LogP contribution in [0.3, 0.4) is 0 Å². The van der Waals surface area contributed by atoms with E-state index in [4.69, 9.17) is 5.11 Å². The molecule has 1 unspecified atom stereocenters. The number of carboxylic acid groups (broad SMARTS) is 1. The molecule has 1 amide bonds. The molecule has 1 saturated heterocycles. The van der Waals surface area contributed by atoms with Crippen molar-refractivity contribution in [2.24, 2.45) is 0 Å². The molecule has 0 bridgehead atoms. The van der Waals surface area contributed by atoms with Gasteiger partial charge in [0.1, 0.15) is 0 Å². The number of carbonyl (C=O) groups excluding carboxylic acids is 1. The minimum absolute atomic E-state index is 0.0408. The van der Waals surface area contributed by atoms with Gasteiger partial charge in [0, 0.05) is 18.7 Å². The molecular formula is C15H20N2O3. The van der Waals surface area contributed by atoms with Gasteiger partial charge >= 0.3 is 5.97 Å². The van der Waals surface area contributed by atoms with Crippen LogP contribution < -0.4 is 10.2 Å². The first-order valence-electron chi connectivity index (χ1n) is 7.00. The van der Waals surface area contributed by atoms with Crippen molar-refractivity contribution in [2.75, 3.05) is 18.0 Å². The van der Waals surface area contributed by atoms with E-state index in [-0.39, 0.29) is 18.4 Å². The van der Waals surface area contributed by atoms with E-state index in [2.05, 4.69) is 5.32 Å². The van der Waals surface area contributed by atoms with E-state index in [1.807, 2.05) is 30.3 Å². The zero-order valence-corrected chi connectivity index (χ0v) is 11.4. The topological polar surface area (TPSA) is 69.6 Å². The van der Waals surface area contributed by atoms with E-state index in [0.717, 1.165) is 25.1 Å². The highest BCUT2D eigenvalue weighted by molar-refractivity contribution is 5.97. The first-order chi connectivity index (χ1) is 9.68. The minimum atomic E-state index is -0.829. The predicted octanol–water partition coefficient (Wildman–Crippen LogP) is 1.64. The summed E-state index contributed by atoms with van der Waals surface area (Å²) in [6.45, 7) is 1.31. The lowest BCUT2D eigenvalue weighted by Gasteiger charge is -2.25. The number of nitrogens with one attached hydrogen (secondary N) is 1. The van der Waals surface area contributed by atoms with Crippen LogP contribution in [0.5, 0.6) is 0 Å². The van der Waals surface area contributed by atoms with Crippen LogP contribution in [0.1, 0.15) is 25.7 Å². The molecule has 20 heavy (non-hydrogen) atoms. The molecule has 0 radical (unpaired) electrons. The Kier molecular flexibility index (Phi) is 5.12. The van der Waals surface area contributed by atoms with Gasteiger partial charge in [0.25, 0.3) is 0 Å². The summed E-state index contributed by atoms with van der Waals surface area (Å²) < 4.78 is 0. The highest BCUT2D eigenvalue weighted by atomic mass is 16.4. The fraction of sp³-hybridized carbons (Fsp3) is 0.467. The SMILES string of the molecule is O=C(O)CCCN(C(=O)C1CCCN1)c1ccccc1. The molecule has 0 aromatic heterocycles. The van der Waals surface area contributed by atoms with Crippen molar-refractivity contribution in [2.45, 2.75) is 31.7 Å². The second-order valence-corrected chi connectivity index (χ2v) is 4.97. The van der Waals surface area contributed by atoms with Gasteiger partial charge in [-0.1, -0.05) is 18.2 Å². The molecule has 1 aliphatic heterocycles. The Labute approximate surface area is 118 Å². The summed E-state index contributed by atoms with van der Waals surface area (Å²) in [5, 5.41) is 11.9. The van der Waals surface area contributed by atoms with E-state index in [0.29, 0.717) is 13.0 Å². The summed E-state index contributed by atoms with van der Waals surface area (Å²) in [5.74, 6) is -0.788. The number of hydrogen-bond donors (Lipinski definition) is 2. The van der Waals surface area contributed by atoms with Crippen LogP contribution >= 0.6 is 0 Å². The maximum Gasteiger partial charge on any atom is 0.303 e. The lowest BCUT2D eigenvalue weighted by Crippen LogP contribution is -2.44. The Morgan fingerprint density at radius 2 is 2.05 bits per heavy atom. The summed E-state index contributed by atoms with van der Waals surface area (Å²) in [5.41, 5.74) is 0.830. The fourth-order valence-corrected chi connectivity index (χ4v) is 2.45. The van der Waals surface area contributed by atoms with E-state index in [1.54, 1.807) is 4.90 Å². The van der Waals surface area contributed by atoms with E-state index >= 15 is 0 Å². The Balaban J connectivity index is 2.06. The standard InChI is InChI=1S/C15H20N2O3/c18-14(19)9-5-11-17(12-6-2-1-3-7-12)15(20)13-8-4-10-16-13/h1-3,6-7,13,16H,4-5,8-11H2,(H,18,19). The third kappa shape index (κ3) is 3.81. The molecule has 1 aromatic rings. The highest BCUT2D eigenvalue weighted by Gasteiger charge is 2.27. The monoisotopic (exact) mass is 276 g/mol. The second kappa shape index (κ2) is 7.05. The molecule has 1 aromatic carbocycles. The number of anilines is 1. The van der Waals surface area contributed by atoms with Crippen LogP contribution in [0.15, 0.2) is 30.3 Å². The largest absolute Gasteiger partial charge is 0.481 e. The normalized spacial score (nSPS) is 17.9. The molecule has 1 heterocycles. The van der Waals surface area contributed by atoms with E-state index in [1.165, 1.54) is 0 Å². The lowest BCUT2D eigenvalue weighted by molar-refractivity contribution is -0.137. The van der Waals surface area contributed by atoms with Gasteiger partial charge in [-0.3, -0.25) is 9.59 Å². The van der Waals surface area contributed by atoms with Crippen molar-refractivity contribution in [3.8, 4) is 0 Å². The van der Waals surface area contributed by atoms with Gasteiger partial charge < -0.3 is 15.3 Å². The van der Waals surface area contributed by atoms with Crippen molar-refractivity contribution in [1.29, 1.82) is 0 Å². The molecular weight excluding hydrogens is 256 g/mol. The van der Waals surface area contributed by atoms with Crippen molar-refractivity contribution < 1.29 is 14.7 Å². The number of para-hydroxylation sites is 1. The third-order valence-corrected chi connectivity index (χ3v) is 3.46. The number of carboxylic acids is 1. The number of benzene rings is 1. The summed E-state index contributed by atoms with van der Waals surface area (Å²) in [4.78, 5) is 24.9. The molecule has 5 heteroatoms. The number of hydrogen-bond acceptors (Lipinski definition) is 3. The average Bonchev–Trinajstić information content (AvgIpc) is 2.98. The van der Waals surface area contributed by atoms with Gasteiger partial charge in [-0.05, 0) is 37.9 Å². The lowest BCUT2D eigenvalue weighted by atomic mass is 10.1. The molecule has 2 rings (SSSR count). The quantitative estimate of drug-likeness (QED) is 0.828. The van der Waals surface area contributed by atoms with Crippen LogP contribution in [0.4, 0.5) is 5.69 Å². The number of rotatable bonds is 6. The van der Waals surface area contributed by atoms with Crippen molar-refractivity contribution >= 4 is 17.6 Å². The van der Waals surface area contributed by atoms with Crippen LogP contribution in [-0.4, -0.2) is 36.1 Å². The number of nitrogens with zero attached hydrogens (tertiary/aromatic N) is 1. The summed E-state index contributed by atoms with van der Waals surface area (Å²) >= 11 is 0. The maximum atomic E-state index is 12.5. The summed E-state index contributed by atoms with van der Waals surface area (Å²) in [7, 11) is 0. The van der Waals surface area contributed by atoms with Crippen molar-refractivity contribution in [1.82, 2.24) is 5.32 Å². The number of amides is 1. The fourth-order valence-electron chi connectivity index (χ4n) is 2.45. The molecule has 108 valence electrons. The van der Waals surface area contributed by atoms with Gasteiger partial charge in [-0.25, -0.2) is 0 Å². The smallest absolute Gasteiger partial charge is 0.303 e. The van der Waals surface area contributed by atoms with Gasteiger partial charge in [0.05, 0.1) is 6.04 Å². The van der Waals surface area contributed by atoms with Crippen LogP contribution in [0, 0.1) is 0 Å². The first-order valence-corrected chi connectivity index (χ1v) is 7.00. The van der Waals surface area contributed by atoms with Gasteiger partial charge in [-0.15, -0.1) is 0 Å². The molecule has 2 N–H and O–H groups in total. The Morgan fingerprint density at radius 1 is 1.30 bits per heavy atom. The second-order valence-electron chi connectivity index (χ2n) is 4.97. The predicted molar refractivity (Wildman–Crippen MR) is 76.7 cm³/mol. The average molecular weight is 276 g/mol. The molecule has 1 atom stereocenters. The zero-order valence-electron chi connectivity index (χ0n) is 11.4. The van der Waals surface area contributed by atoms with Gasteiger partial charge in [0.2, 0.25) is 5.91 Å². The van der Waals surface area contributed by atoms with Crippen molar-refractivity contribution in [3.05, 3.63) is 30.3 Å². The van der Waals surface area contributed by atoms with Crippen LogP contribution in [0.2, 0.25) is 0 Å². The van der Waals surface area contributed by atoms with Crippen molar-refractivity contribution in [3.63, 3.8) is 0 Å². The van der Waals surface area contributed by atoms with Crippen LogP contribution in [-0.2, 0) is 9.59 Å². The first kappa shape index (κ1) is 14.5. The molecule has 0 saturated carbocycles. The number of carbonyl (C=O) groups is 2. The molecule has 1 aliphatic rings. The Morgan fingerprint density at radius 3 is 2.65 bits per heavy atom. The molecule has 1 fully saturated rings. The molecule has 5 nitrogen and oxygen atoms in total. The Bertz CT molecular complexity index is 455. The van der Waals surface area contributed by atoms with Gasteiger partial charge in [-0.2, -0.15) is 0 Å². The Hall–Kier alpha value is -1.88. The summed E-state index contributed by atoms with van der Waals surface area (Å²) in [6, 6.07) is 9.29.